The molecule has 168 valence electrons. The Bertz CT molecular complexity index is 1320. The molecule has 32 heavy (non-hydrogen) atoms. The van der Waals surface area contributed by atoms with E-state index in [2.05, 4.69) is 14.9 Å². The van der Waals surface area contributed by atoms with Crippen LogP contribution in [0, 0.1) is 0 Å². The number of benzene rings is 1. The lowest BCUT2D eigenvalue weighted by molar-refractivity contribution is 0.0797. The first kappa shape index (κ1) is 21.6. The molecule has 3 aromatic heterocycles. The van der Waals surface area contributed by atoms with Gasteiger partial charge in [-0.25, -0.2) is 13.4 Å². The molecular formula is C22H24N4O3S3. The molecule has 10 heteroatoms. The molecule has 0 saturated carbocycles. The quantitative estimate of drug-likeness (QED) is 0.426. The van der Waals surface area contributed by atoms with Gasteiger partial charge in [0.05, 0.1) is 23.0 Å². The predicted molar refractivity (Wildman–Crippen MR) is 130 cm³/mol. The molecule has 1 saturated heterocycles. The average Bonchev–Trinajstić information content (AvgIpc) is 3.54. The fourth-order valence-corrected chi connectivity index (χ4v) is 7.29. The molecule has 0 atom stereocenters. The molecule has 0 spiro atoms. The Morgan fingerprint density at radius 3 is 2.81 bits per heavy atom. The maximum Gasteiger partial charge on any atom is 0.273 e. The smallest absolute Gasteiger partial charge is 0.273 e. The number of hydrogen-bond donors (Lipinski definition) is 2. The van der Waals surface area contributed by atoms with Crippen molar-refractivity contribution in [1.29, 1.82) is 0 Å². The van der Waals surface area contributed by atoms with Crippen molar-refractivity contribution in [1.82, 2.24) is 14.9 Å². The first-order valence-electron chi connectivity index (χ1n) is 10.4. The number of sulfonamides is 1. The highest BCUT2D eigenvalue weighted by Gasteiger charge is 2.24. The number of thiazole rings is 1. The monoisotopic (exact) mass is 488 g/mol. The Kier molecular flexibility index (Phi) is 5.81. The van der Waals surface area contributed by atoms with Crippen LogP contribution in [0.5, 0.6) is 0 Å². The van der Waals surface area contributed by atoms with Crippen LogP contribution in [0.4, 0.5) is 5.69 Å². The van der Waals surface area contributed by atoms with Crippen LogP contribution in [0.2, 0.25) is 0 Å². The van der Waals surface area contributed by atoms with Crippen molar-refractivity contribution in [3.05, 3.63) is 52.9 Å². The summed E-state index contributed by atoms with van der Waals surface area (Å²) in [6, 6.07) is 11.0. The molecule has 2 N–H and O–H groups in total. The van der Waals surface area contributed by atoms with Gasteiger partial charge in [0.15, 0.2) is 0 Å². The van der Waals surface area contributed by atoms with Crippen LogP contribution in [-0.2, 0) is 16.6 Å². The number of aromatic nitrogens is 2. The van der Waals surface area contributed by atoms with Gasteiger partial charge in [-0.1, -0.05) is 18.2 Å². The number of piperidine rings is 1. The summed E-state index contributed by atoms with van der Waals surface area (Å²) >= 11 is 2.85. The second-order valence-corrected chi connectivity index (χ2v) is 12.2. The first-order valence-corrected chi connectivity index (χ1v) is 13.5. The predicted octanol–water partition coefficient (Wildman–Crippen LogP) is 4.13. The summed E-state index contributed by atoms with van der Waals surface area (Å²) < 4.78 is 27.7. The van der Waals surface area contributed by atoms with Crippen LogP contribution in [0.1, 0.15) is 17.7 Å². The fourth-order valence-electron chi connectivity index (χ4n) is 4.00. The van der Waals surface area contributed by atoms with Crippen LogP contribution in [0.15, 0.2) is 52.2 Å². The summed E-state index contributed by atoms with van der Waals surface area (Å²) in [5.74, 6) is 0. The Hall–Kier alpha value is -2.24. The second-order valence-electron chi connectivity index (χ2n) is 7.97. The van der Waals surface area contributed by atoms with E-state index < -0.39 is 10.0 Å². The zero-order valence-electron chi connectivity index (χ0n) is 17.6. The Balaban J connectivity index is 1.42. The first-order chi connectivity index (χ1) is 15.4. The summed E-state index contributed by atoms with van der Waals surface area (Å²) in [5.41, 5.74) is 2.25. The van der Waals surface area contributed by atoms with E-state index in [1.54, 1.807) is 35.9 Å². The number of aromatic amines is 1. The number of nitrogens with zero attached hydrogens (tertiary/aromatic N) is 3. The van der Waals surface area contributed by atoms with Crippen LogP contribution in [0.25, 0.3) is 21.6 Å². The zero-order valence-corrected chi connectivity index (χ0v) is 20.0. The molecular weight excluding hydrogens is 464 g/mol. The third kappa shape index (κ3) is 4.08. The molecule has 1 aromatic carbocycles. The SMILES string of the molecule is CN(c1cccc2cc(-c3ncc(CN4CCC(O)CC4)s3)[nH]c12)S(=O)(=O)c1cccs1. The highest BCUT2D eigenvalue weighted by Crippen LogP contribution is 2.35. The third-order valence-corrected chi connectivity index (χ3v) is 9.96. The molecule has 5 rings (SSSR count). The number of para-hydroxylation sites is 1. The minimum atomic E-state index is -3.62. The Labute approximate surface area is 195 Å². The van der Waals surface area contributed by atoms with Crippen molar-refractivity contribution in [2.24, 2.45) is 0 Å². The van der Waals surface area contributed by atoms with E-state index in [1.165, 1.54) is 20.5 Å². The number of anilines is 1. The van der Waals surface area contributed by atoms with Crippen molar-refractivity contribution in [3.63, 3.8) is 0 Å². The van der Waals surface area contributed by atoms with Gasteiger partial charge in [0.25, 0.3) is 10.0 Å². The number of thiophene rings is 1. The summed E-state index contributed by atoms with van der Waals surface area (Å²) in [6.07, 6.45) is 3.37. The van der Waals surface area contributed by atoms with E-state index in [0.29, 0.717) is 9.90 Å². The van der Waals surface area contributed by atoms with E-state index in [1.807, 2.05) is 30.5 Å². The maximum atomic E-state index is 13.0. The van der Waals surface area contributed by atoms with Gasteiger partial charge in [-0.2, -0.15) is 0 Å². The molecule has 0 radical (unpaired) electrons. The van der Waals surface area contributed by atoms with Gasteiger partial charge in [-0.15, -0.1) is 22.7 Å². The lowest BCUT2D eigenvalue weighted by Crippen LogP contribution is -2.35. The molecule has 0 bridgehead atoms. The number of aliphatic hydroxyl groups excluding tert-OH is 1. The maximum absolute atomic E-state index is 13.0. The molecule has 4 aromatic rings. The number of H-pyrrole nitrogens is 1. The van der Waals surface area contributed by atoms with Gasteiger partial charge in [-0.3, -0.25) is 9.21 Å². The van der Waals surface area contributed by atoms with Gasteiger partial charge >= 0.3 is 0 Å². The zero-order chi connectivity index (χ0) is 22.3. The summed E-state index contributed by atoms with van der Waals surface area (Å²) in [5, 5.41) is 13.3. The second kappa shape index (κ2) is 8.60. The normalized spacial score (nSPS) is 16.1. The number of aliphatic hydroxyl groups is 1. The van der Waals surface area contributed by atoms with Crippen LogP contribution >= 0.6 is 22.7 Å². The largest absolute Gasteiger partial charge is 0.393 e. The van der Waals surface area contributed by atoms with Crippen molar-refractivity contribution in [2.45, 2.75) is 29.7 Å². The number of likely N-dealkylation sites (tertiary alicyclic amines) is 1. The van der Waals surface area contributed by atoms with E-state index in [-0.39, 0.29) is 6.10 Å². The van der Waals surface area contributed by atoms with Crippen LogP contribution < -0.4 is 4.31 Å². The van der Waals surface area contributed by atoms with Crippen LogP contribution in [-0.4, -0.2) is 54.6 Å². The Morgan fingerprint density at radius 2 is 2.06 bits per heavy atom. The van der Waals surface area contributed by atoms with E-state index >= 15 is 0 Å². The topological polar surface area (TPSA) is 89.5 Å². The standard InChI is InChI=1S/C22H24N4O3S3/c1-25(32(28,29)20-6-3-11-30-20)19-5-2-4-15-12-18(24-21(15)19)22-23-13-17(31-22)14-26-9-7-16(27)8-10-26/h2-6,11-13,16,24,27H,7-10,14H2,1H3. The van der Waals surface area contributed by atoms with Gasteiger partial charge in [0.2, 0.25) is 0 Å². The fraction of sp³-hybridized carbons (Fsp3) is 0.318. The number of nitrogens with one attached hydrogen (secondary N) is 1. The highest BCUT2D eigenvalue weighted by molar-refractivity contribution is 7.94. The van der Waals surface area contributed by atoms with Gasteiger partial charge in [0.1, 0.15) is 9.22 Å². The summed E-state index contributed by atoms with van der Waals surface area (Å²) in [4.78, 5) is 11.5. The lowest BCUT2D eigenvalue weighted by Gasteiger charge is -2.28. The highest BCUT2D eigenvalue weighted by atomic mass is 32.2. The summed E-state index contributed by atoms with van der Waals surface area (Å²) in [7, 11) is -2.03. The molecule has 0 amide bonds. The number of fused-ring (bicyclic) bond motifs is 1. The minimum absolute atomic E-state index is 0.175. The van der Waals surface area contributed by atoms with Crippen molar-refractivity contribution in [3.8, 4) is 10.7 Å². The average molecular weight is 489 g/mol. The number of hydrogen-bond acceptors (Lipinski definition) is 7. The Morgan fingerprint density at radius 1 is 1.25 bits per heavy atom. The van der Waals surface area contributed by atoms with Crippen molar-refractivity contribution < 1.29 is 13.5 Å². The molecule has 1 aliphatic heterocycles. The van der Waals surface area contributed by atoms with Crippen molar-refractivity contribution in [2.75, 3.05) is 24.4 Å². The van der Waals surface area contributed by atoms with Gasteiger partial charge < -0.3 is 10.1 Å². The minimum Gasteiger partial charge on any atom is -0.393 e. The van der Waals surface area contributed by atoms with Crippen LogP contribution in [0.3, 0.4) is 0 Å². The molecule has 7 nitrogen and oxygen atoms in total. The van der Waals surface area contributed by atoms with E-state index in [9.17, 15) is 13.5 Å². The number of rotatable bonds is 6. The van der Waals surface area contributed by atoms with Gasteiger partial charge in [-0.05, 0) is 36.4 Å². The molecule has 1 fully saturated rings. The molecule has 4 heterocycles. The van der Waals surface area contributed by atoms with Crippen molar-refractivity contribution >= 4 is 49.3 Å². The third-order valence-electron chi connectivity index (χ3n) is 5.80. The van der Waals surface area contributed by atoms with E-state index in [0.717, 1.165) is 54.1 Å². The molecule has 0 unspecified atom stereocenters. The van der Waals surface area contributed by atoms with Gasteiger partial charge in [0, 0.05) is 43.1 Å². The molecule has 0 aliphatic carbocycles. The lowest BCUT2D eigenvalue weighted by atomic mass is 10.1. The van der Waals surface area contributed by atoms with E-state index in [4.69, 9.17) is 0 Å². The molecule has 1 aliphatic rings. The summed E-state index contributed by atoms with van der Waals surface area (Å²) in [6.45, 7) is 2.63.